The highest BCUT2D eigenvalue weighted by atomic mass is 31.1. The van der Waals surface area contributed by atoms with Gasteiger partial charge in [-0.15, -0.1) is 0 Å². The molecule has 0 aliphatic heterocycles. The smallest absolute Gasteiger partial charge is 0.160 e. The van der Waals surface area contributed by atoms with Crippen LogP contribution in [-0.2, 0) is 4.57 Å². The molecule has 3 heteroatoms. The van der Waals surface area contributed by atoms with E-state index in [1.165, 1.54) is 0 Å². The molecule has 0 aliphatic carbocycles. The van der Waals surface area contributed by atoms with Crippen LogP contribution in [0.2, 0.25) is 0 Å². The minimum atomic E-state index is -2.01. The summed E-state index contributed by atoms with van der Waals surface area (Å²) >= 11 is 0. The van der Waals surface area contributed by atoms with E-state index in [0.717, 1.165) is 25.7 Å². The predicted molar refractivity (Wildman–Crippen MR) is 48.0 cm³/mol. The SMILES string of the molecule is CCCCCC(C)(C)[P+](=O)O. The Morgan fingerprint density at radius 2 is 1.91 bits per heavy atom. The van der Waals surface area contributed by atoms with Gasteiger partial charge in [-0.25, -0.2) is 0 Å². The fourth-order valence-corrected chi connectivity index (χ4v) is 1.25. The third-order valence-corrected chi connectivity index (χ3v) is 3.17. The molecule has 0 heterocycles. The molecule has 0 saturated carbocycles. The van der Waals surface area contributed by atoms with Gasteiger partial charge in [0.15, 0.2) is 5.16 Å². The molecule has 66 valence electrons. The average Bonchev–Trinajstić information content (AvgIpc) is 1.88. The first-order chi connectivity index (χ1) is 5.00. The Hall–Kier alpha value is 0.0600. The maximum absolute atomic E-state index is 10.8. The van der Waals surface area contributed by atoms with Gasteiger partial charge < -0.3 is 0 Å². The van der Waals surface area contributed by atoms with E-state index in [4.69, 9.17) is 4.89 Å². The number of unbranched alkanes of at least 4 members (excludes halogenated alkanes) is 2. The summed E-state index contributed by atoms with van der Waals surface area (Å²) in [7, 11) is -2.01. The molecule has 2 nitrogen and oxygen atoms in total. The van der Waals surface area contributed by atoms with Gasteiger partial charge in [0.25, 0.3) is 0 Å². The Labute approximate surface area is 69.9 Å². The highest BCUT2D eigenvalue weighted by molar-refractivity contribution is 7.39. The molecule has 11 heavy (non-hydrogen) atoms. The normalized spacial score (nSPS) is 13.3. The molecule has 0 radical (unpaired) electrons. The topological polar surface area (TPSA) is 37.3 Å². The zero-order valence-electron chi connectivity index (χ0n) is 7.63. The highest BCUT2D eigenvalue weighted by Gasteiger charge is 2.37. The first kappa shape index (κ1) is 11.1. The molecule has 0 amide bonds. The van der Waals surface area contributed by atoms with Crippen molar-refractivity contribution in [2.75, 3.05) is 0 Å². The van der Waals surface area contributed by atoms with Gasteiger partial charge in [0.2, 0.25) is 0 Å². The van der Waals surface area contributed by atoms with Crippen LogP contribution in [0.1, 0.15) is 46.5 Å². The second kappa shape index (κ2) is 4.84. The van der Waals surface area contributed by atoms with Crippen LogP contribution < -0.4 is 0 Å². The van der Waals surface area contributed by atoms with Crippen molar-refractivity contribution in [2.45, 2.75) is 51.6 Å². The van der Waals surface area contributed by atoms with E-state index >= 15 is 0 Å². The lowest BCUT2D eigenvalue weighted by Gasteiger charge is -2.08. The number of hydrogen-bond donors (Lipinski definition) is 1. The molecular formula is C8H18O2P+. The molecular weight excluding hydrogens is 159 g/mol. The predicted octanol–water partition coefficient (Wildman–Crippen LogP) is 3.08. The van der Waals surface area contributed by atoms with Gasteiger partial charge in [-0.1, -0.05) is 19.8 Å². The third kappa shape index (κ3) is 4.49. The fraction of sp³-hybridized carbons (Fsp3) is 1.00. The van der Waals surface area contributed by atoms with Crippen molar-refractivity contribution in [3.63, 3.8) is 0 Å². The lowest BCUT2D eigenvalue weighted by Crippen LogP contribution is -2.13. The lowest BCUT2D eigenvalue weighted by atomic mass is 10.0. The quantitative estimate of drug-likeness (QED) is 0.517. The molecule has 1 N–H and O–H groups in total. The summed E-state index contributed by atoms with van der Waals surface area (Å²) in [4.78, 5) is 8.89. The summed E-state index contributed by atoms with van der Waals surface area (Å²) in [6.07, 6.45) is 4.24. The summed E-state index contributed by atoms with van der Waals surface area (Å²) in [6.45, 7) is 5.83. The number of rotatable bonds is 5. The van der Waals surface area contributed by atoms with Crippen molar-refractivity contribution in [1.82, 2.24) is 0 Å². The monoisotopic (exact) mass is 177 g/mol. The molecule has 0 spiro atoms. The molecule has 0 aromatic heterocycles. The maximum Gasteiger partial charge on any atom is 0.511 e. The maximum atomic E-state index is 10.8. The first-order valence-electron chi connectivity index (χ1n) is 4.17. The minimum absolute atomic E-state index is 0.384. The Kier molecular flexibility index (Phi) is 4.87. The summed E-state index contributed by atoms with van der Waals surface area (Å²) in [5, 5.41) is -0.384. The van der Waals surface area contributed by atoms with E-state index in [1.54, 1.807) is 0 Å². The molecule has 0 aliphatic rings. The molecule has 0 aromatic carbocycles. The van der Waals surface area contributed by atoms with E-state index < -0.39 is 8.03 Å². The van der Waals surface area contributed by atoms with E-state index in [-0.39, 0.29) is 5.16 Å². The summed E-state index contributed by atoms with van der Waals surface area (Å²) in [5.41, 5.74) is 0. The van der Waals surface area contributed by atoms with Gasteiger partial charge in [-0.05, 0) is 31.3 Å². The van der Waals surface area contributed by atoms with Crippen molar-refractivity contribution in [2.24, 2.45) is 0 Å². The van der Waals surface area contributed by atoms with E-state index in [1.807, 2.05) is 13.8 Å². The van der Waals surface area contributed by atoms with Crippen molar-refractivity contribution < 1.29 is 9.46 Å². The van der Waals surface area contributed by atoms with E-state index in [2.05, 4.69) is 6.92 Å². The second-order valence-electron chi connectivity index (χ2n) is 3.54. The fourth-order valence-electron chi connectivity index (χ4n) is 0.903. The zero-order valence-corrected chi connectivity index (χ0v) is 8.53. The Morgan fingerprint density at radius 1 is 1.36 bits per heavy atom. The Bertz CT molecular complexity index is 132. The summed E-state index contributed by atoms with van der Waals surface area (Å²) in [6, 6.07) is 0. The van der Waals surface area contributed by atoms with Crippen LogP contribution in [0.4, 0.5) is 0 Å². The molecule has 0 aromatic rings. The molecule has 0 bridgehead atoms. The van der Waals surface area contributed by atoms with Crippen molar-refractivity contribution >= 4 is 8.03 Å². The first-order valence-corrected chi connectivity index (χ1v) is 5.38. The standard InChI is InChI=1S/C8H17O2P/c1-4-5-6-7-8(2,3)11(9)10/h4-7H2,1-3H3/p+1. The largest absolute Gasteiger partial charge is 0.511 e. The van der Waals surface area contributed by atoms with Crippen molar-refractivity contribution in [3.05, 3.63) is 0 Å². The van der Waals surface area contributed by atoms with Gasteiger partial charge in [0, 0.05) is 0 Å². The van der Waals surface area contributed by atoms with Gasteiger partial charge in [-0.2, -0.15) is 4.89 Å². The van der Waals surface area contributed by atoms with Crippen LogP contribution in [0.5, 0.6) is 0 Å². The molecule has 1 unspecified atom stereocenters. The minimum Gasteiger partial charge on any atom is -0.160 e. The van der Waals surface area contributed by atoms with E-state index in [0.29, 0.717) is 0 Å². The molecule has 0 rings (SSSR count). The van der Waals surface area contributed by atoms with Crippen LogP contribution in [0, 0.1) is 0 Å². The van der Waals surface area contributed by atoms with Crippen LogP contribution in [0.25, 0.3) is 0 Å². The molecule has 0 fully saturated rings. The van der Waals surface area contributed by atoms with Crippen LogP contribution in [-0.4, -0.2) is 10.0 Å². The summed E-state index contributed by atoms with van der Waals surface area (Å²) < 4.78 is 10.8. The van der Waals surface area contributed by atoms with Crippen molar-refractivity contribution in [3.8, 4) is 0 Å². The van der Waals surface area contributed by atoms with Crippen LogP contribution >= 0.6 is 8.03 Å². The third-order valence-electron chi connectivity index (χ3n) is 1.91. The van der Waals surface area contributed by atoms with Crippen LogP contribution in [0.3, 0.4) is 0 Å². The summed E-state index contributed by atoms with van der Waals surface area (Å²) in [5.74, 6) is 0. The van der Waals surface area contributed by atoms with Crippen LogP contribution in [0.15, 0.2) is 0 Å². The molecule has 0 saturated heterocycles. The molecule has 1 atom stereocenters. The van der Waals surface area contributed by atoms with Crippen molar-refractivity contribution in [1.29, 1.82) is 0 Å². The lowest BCUT2D eigenvalue weighted by molar-refractivity contribution is 0.445. The van der Waals surface area contributed by atoms with Gasteiger partial charge in [-0.3, -0.25) is 0 Å². The van der Waals surface area contributed by atoms with E-state index in [9.17, 15) is 4.57 Å². The Balaban J connectivity index is 3.64. The second-order valence-corrected chi connectivity index (χ2v) is 5.30. The van der Waals surface area contributed by atoms with Gasteiger partial charge in [0.1, 0.15) is 0 Å². The van der Waals surface area contributed by atoms with Gasteiger partial charge >= 0.3 is 8.03 Å². The average molecular weight is 177 g/mol. The number of hydrogen-bond acceptors (Lipinski definition) is 1. The highest BCUT2D eigenvalue weighted by Crippen LogP contribution is 2.38. The Morgan fingerprint density at radius 3 is 2.27 bits per heavy atom. The zero-order chi connectivity index (χ0) is 8.91. The van der Waals surface area contributed by atoms with Gasteiger partial charge in [0.05, 0.1) is 0 Å².